The quantitative estimate of drug-likeness (QED) is 0.402. The monoisotopic (exact) mass is 511 g/mol. The molecule has 0 bridgehead atoms. The van der Waals surface area contributed by atoms with E-state index in [0.29, 0.717) is 42.6 Å². The number of aromatic amines is 1. The number of nitrogens with one attached hydrogen (secondary N) is 1. The molecule has 3 aromatic heterocycles. The van der Waals surface area contributed by atoms with Crippen molar-refractivity contribution in [1.82, 2.24) is 19.9 Å². The number of nitriles is 1. The first-order valence-electron chi connectivity index (χ1n) is 12.3. The molecule has 0 aliphatic carbocycles. The first-order chi connectivity index (χ1) is 18.2. The van der Waals surface area contributed by atoms with Crippen LogP contribution in [0, 0.1) is 11.3 Å². The van der Waals surface area contributed by atoms with Gasteiger partial charge in [-0.2, -0.15) is 5.26 Å². The Labute approximate surface area is 218 Å². The molecule has 37 heavy (non-hydrogen) atoms. The van der Waals surface area contributed by atoms with Crippen molar-refractivity contribution in [2.45, 2.75) is 25.4 Å². The Hall–Kier alpha value is -4.00. The van der Waals surface area contributed by atoms with Crippen LogP contribution in [0.3, 0.4) is 0 Å². The van der Waals surface area contributed by atoms with Crippen molar-refractivity contribution in [2.75, 3.05) is 26.3 Å². The van der Waals surface area contributed by atoms with Crippen molar-refractivity contribution in [3.8, 4) is 22.9 Å². The van der Waals surface area contributed by atoms with Gasteiger partial charge in [0.2, 0.25) is 0 Å². The van der Waals surface area contributed by atoms with Gasteiger partial charge in [0.1, 0.15) is 23.6 Å². The molecule has 0 spiro atoms. The minimum Gasteiger partial charge on any atom is -0.489 e. The van der Waals surface area contributed by atoms with E-state index in [1.165, 1.54) is 16.9 Å². The van der Waals surface area contributed by atoms with E-state index in [2.05, 4.69) is 33.2 Å². The predicted molar refractivity (Wildman–Crippen MR) is 141 cm³/mol. The second kappa shape index (κ2) is 10.2. The Kier molecular flexibility index (Phi) is 6.43. The lowest BCUT2D eigenvalue weighted by atomic mass is 9.98. The third-order valence-corrected chi connectivity index (χ3v) is 7.65. The fourth-order valence-corrected chi connectivity index (χ4v) is 5.46. The fraction of sp³-hybridized carbons (Fsp3) is 0.286. The molecule has 0 atom stereocenters. The number of benzene rings is 1. The molecule has 9 heteroatoms. The van der Waals surface area contributed by atoms with E-state index in [0.717, 1.165) is 47.0 Å². The molecule has 2 aliphatic heterocycles. The Morgan fingerprint density at radius 1 is 1.22 bits per heavy atom. The molecule has 1 saturated heterocycles. The Balaban J connectivity index is 1.25. The van der Waals surface area contributed by atoms with Gasteiger partial charge in [-0.25, -0.2) is 9.97 Å². The lowest BCUT2D eigenvalue weighted by molar-refractivity contribution is 0.0254. The van der Waals surface area contributed by atoms with E-state index in [1.54, 1.807) is 6.20 Å². The number of rotatable bonds is 5. The van der Waals surface area contributed by atoms with Crippen LogP contribution in [0.4, 0.5) is 0 Å². The Morgan fingerprint density at radius 2 is 2.11 bits per heavy atom. The second-order valence-electron chi connectivity index (χ2n) is 9.14. The summed E-state index contributed by atoms with van der Waals surface area (Å²) in [4.78, 5) is 26.5. The largest absolute Gasteiger partial charge is 0.489 e. The number of fused-ring (bicyclic) bond motifs is 1. The molecule has 5 heterocycles. The van der Waals surface area contributed by atoms with Crippen molar-refractivity contribution in [3.63, 3.8) is 0 Å². The third-order valence-electron chi connectivity index (χ3n) is 6.89. The highest BCUT2D eigenvalue weighted by Gasteiger charge is 2.22. The zero-order valence-corrected chi connectivity index (χ0v) is 21.0. The number of nitrogens with zero attached hydrogens (tertiary/aromatic N) is 4. The first kappa shape index (κ1) is 23.4. The van der Waals surface area contributed by atoms with Crippen LogP contribution in [0.25, 0.3) is 27.7 Å². The van der Waals surface area contributed by atoms with Gasteiger partial charge >= 0.3 is 0 Å². The van der Waals surface area contributed by atoms with Gasteiger partial charge in [-0.05, 0) is 41.3 Å². The maximum atomic E-state index is 12.6. The van der Waals surface area contributed by atoms with Crippen molar-refractivity contribution in [2.24, 2.45) is 0 Å². The minimum absolute atomic E-state index is 0.0238. The van der Waals surface area contributed by atoms with E-state index in [1.807, 2.05) is 40.9 Å². The number of carbonyl (C=O) groups is 1. The number of H-pyrrole nitrogens is 1. The van der Waals surface area contributed by atoms with Crippen LogP contribution in [0.15, 0.2) is 54.3 Å². The number of hydrogen-bond acceptors (Lipinski definition) is 7. The predicted octanol–water partition coefficient (Wildman–Crippen LogP) is 5.05. The van der Waals surface area contributed by atoms with Crippen LogP contribution in [-0.2, 0) is 4.74 Å². The summed E-state index contributed by atoms with van der Waals surface area (Å²) in [6, 6.07) is 10.2. The maximum Gasteiger partial charge on any atom is 0.283 e. The second-order valence-corrected chi connectivity index (χ2v) is 10.0. The number of carbonyl (C=O) groups excluding carboxylic acids is 1. The zero-order valence-electron chi connectivity index (χ0n) is 20.1. The highest BCUT2D eigenvalue weighted by Crippen LogP contribution is 2.34. The molecule has 2 aliphatic rings. The average molecular weight is 512 g/mol. The van der Waals surface area contributed by atoms with Crippen molar-refractivity contribution in [1.29, 1.82) is 5.26 Å². The fourth-order valence-electron chi connectivity index (χ4n) is 4.86. The number of amides is 1. The van der Waals surface area contributed by atoms with Crippen molar-refractivity contribution in [3.05, 3.63) is 70.4 Å². The Bertz CT molecular complexity index is 1510. The number of pyridine rings is 1. The van der Waals surface area contributed by atoms with Crippen LogP contribution in [0.5, 0.6) is 5.75 Å². The molecular formula is C28H25N5O3S. The molecule has 186 valence electrons. The standard InChI is InChI=1S/C28H25N5O3S/c29-15-20-13-19(1-2-25(20)36-22-5-10-35-11-6-22)24-17-32-26-23(24)14-21(16-31-26)18-3-8-33(9-4-18)28(34)27-30-7-12-37-27/h1-3,7,12-14,16-17,22H,4-6,8-11H2,(H,31,32). The van der Waals surface area contributed by atoms with Gasteiger partial charge in [0.15, 0.2) is 5.01 Å². The molecule has 0 saturated carbocycles. The molecule has 0 radical (unpaired) electrons. The lowest BCUT2D eigenvalue weighted by Crippen LogP contribution is -2.34. The molecule has 4 aromatic rings. The van der Waals surface area contributed by atoms with Gasteiger partial charge in [-0.15, -0.1) is 11.3 Å². The summed E-state index contributed by atoms with van der Waals surface area (Å²) in [5.41, 5.74) is 5.42. The van der Waals surface area contributed by atoms with Crippen LogP contribution in [0.2, 0.25) is 0 Å². The number of ether oxygens (including phenoxy) is 2. The summed E-state index contributed by atoms with van der Waals surface area (Å²) < 4.78 is 11.5. The van der Waals surface area contributed by atoms with Gasteiger partial charge < -0.3 is 19.4 Å². The summed E-state index contributed by atoms with van der Waals surface area (Å²) in [6.45, 7) is 2.56. The molecule has 1 N–H and O–H groups in total. The summed E-state index contributed by atoms with van der Waals surface area (Å²) in [5.74, 6) is 0.588. The normalized spacial score (nSPS) is 16.4. The minimum atomic E-state index is -0.0238. The summed E-state index contributed by atoms with van der Waals surface area (Å²) in [7, 11) is 0. The van der Waals surface area contributed by atoms with E-state index in [9.17, 15) is 10.1 Å². The molecule has 1 amide bonds. The molecule has 0 unspecified atom stereocenters. The highest BCUT2D eigenvalue weighted by molar-refractivity contribution is 7.11. The summed E-state index contributed by atoms with van der Waals surface area (Å²) in [6.07, 6.45) is 10.0. The van der Waals surface area contributed by atoms with E-state index in [4.69, 9.17) is 9.47 Å². The van der Waals surface area contributed by atoms with Crippen LogP contribution < -0.4 is 4.74 Å². The SMILES string of the molecule is N#Cc1cc(-c2c[nH]c3ncc(C4=CCN(C(=O)c5nccs5)CC4)cc23)ccc1OC1CCOCC1. The van der Waals surface area contributed by atoms with Crippen LogP contribution in [0.1, 0.15) is 40.2 Å². The average Bonchev–Trinajstić information content (AvgIpc) is 3.64. The van der Waals surface area contributed by atoms with Gasteiger partial charge in [-0.1, -0.05) is 12.1 Å². The summed E-state index contributed by atoms with van der Waals surface area (Å²) >= 11 is 1.37. The molecule has 1 fully saturated rings. The number of hydrogen-bond donors (Lipinski definition) is 1. The first-order valence-corrected chi connectivity index (χ1v) is 13.2. The molecule has 8 nitrogen and oxygen atoms in total. The third kappa shape index (κ3) is 4.73. The topological polar surface area (TPSA) is 104 Å². The molecule has 6 rings (SSSR count). The van der Waals surface area contributed by atoms with E-state index < -0.39 is 0 Å². The molecule has 1 aromatic carbocycles. The van der Waals surface area contributed by atoms with E-state index >= 15 is 0 Å². The van der Waals surface area contributed by atoms with E-state index in [-0.39, 0.29) is 12.0 Å². The Morgan fingerprint density at radius 3 is 2.86 bits per heavy atom. The van der Waals surface area contributed by atoms with Crippen LogP contribution >= 0.6 is 11.3 Å². The number of aromatic nitrogens is 3. The van der Waals surface area contributed by atoms with Crippen molar-refractivity contribution >= 4 is 33.9 Å². The summed E-state index contributed by atoms with van der Waals surface area (Å²) in [5, 5.41) is 13.1. The van der Waals surface area contributed by atoms with Gasteiger partial charge in [0, 0.05) is 60.9 Å². The van der Waals surface area contributed by atoms with Crippen molar-refractivity contribution < 1.29 is 14.3 Å². The van der Waals surface area contributed by atoms with Gasteiger partial charge in [0.25, 0.3) is 5.91 Å². The van der Waals surface area contributed by atoms with Gasteiger partial charge in [-0.3, -0.25) is 4.79 Å². The lowest BCUT2D eigenvalue weighted by Gasteiger charge is -2.25. The van der Waals surface area contributed by atoms with Gasteiger partial charge in [0.05, 0.1) is 18.8 Å². The zero-order chi connectivity index (χ0) is 25.2. The smallest absolute Gasteiger partial charge is 0.283 e. The number of thiazole rings is 1. The highest BCUT2D eigenvalue weighted by atomic mass is 32.1. The molecular weight excluding hydrogens is 486 g/mol. The maximum absolute atomic E-state index is 12.6. The van der Waals surface area contributed by atoms with Crippen LogP contribution in [-0.4, -0.2) is 58.2 Å².